The van der Waals surface area contributed by atoms with Gasteiger partial charge in [-0.25, -0.2) is 0 Å². The molecular weight excluding hydrogens is 320 g/mol. The van der Waals surface area contributed by atoms with Gasteiger partial charge in [0.15, 0.2) is 11.5 Å². The summed E-state index contributed by atoms with van der Waals surface area (Å²) in [5.74, 6) is 1.67. The Bertz CT molecular complexity index is 932. The number of hydrogen-bond acceptors (Lipinski definition) is 6. The summed E-state index contributed by atoms with van der Waals surface area (Å²) < 4.78 is 1.81. The lowest BCUT2D eigenvalue weighted by Crippen LogP contribution is -2.22. The maximum atomic E-state index is 4.71. The number of nitrogens with zero attached hydrogens (tertiary/aromatic N) is 6. The molecule has 0 fully saturated rings. The van der Waals surface area contributed by atoms with Crippen molar-refractivity contribution >= 4 is 22.8 Å². The number of anilines is 1. The van der Waals surface area contributed by atoms with Crippen LogP contribution in [-0.4, -0.2) is 38.4 Å². The van der Waals surface area contributed by atoms with E-state index in [4.69, 9.17) is 5.10 Å². The molecule has 24 heavy (non-hydrogen) atoms. The third-order valence-electron chi connectivity index (χ3n) is 3.90. The zero-order valence-electron chi connectivity index (χ0n) is 13.2. The van der Waals surface area contributed by atoms with Crippen molar-refractivity contribution in [2.24, 2.45) is 0 Å². The molecule has 0 saturated heterocycles. The molecule has 0 saturated carbocycles. The predicted molar refractivity (Wildman–Crippen MR) is 95.3 cm³/mol. The van der Waals surface area contributed by atoms with Crippen LogP contribution in [0.25, 0.3) is 17.0 Å². The summed E-state index contributed by atoms with van der Waals surface area (Å²) in [7, 11) is 2.05. The van der Waals surface area contributed by atoms with Crippen molar-refractivity contribution < 1.29 is 0 Å². The van der Waals surface area contributed by atoms with Gasteiger partial charge in [0.1, 0.15) is 5.82 Å². The summed E-state index contributed by atoms with van der Waals surface area (Å²) in [5.41, 5.74) is 3.06. The fraction of sp³-hybridized carbons (Fsp3) is 0.176. The lowest BCUT2D eigenvalue weighted by molar-refractivity contribution is 0.823. The molecule has 4 aromatic rings. The van der Waals surface area contributed by atoms with Gasteiger partial charge < -0.3 is 4.90 Å². The Morgan fingerprint density at radius 3 is 2.75 bits per heavy atom. The summed E-state index contributed by atoms with van der Waals surface area (Å²) in [4.78, 5) is 6.19. The highest BCUT2D eigenvalue weighted by Crippen LogP contribution is 2.21. The number of pyridine rings is 1. The first-order chi connectivity index (χ1) is 11.8. The van der Waals surface area contributed by atoms with Gasteiger partial charge in [0.2, 0.25) is 0 Å². The average molecular weight is 336 g/mol. The van der Waals surface area contributed by atoms with Crippen LogP contribution in [0.15, 0.2) is 53.5 Å². The third-order valence-corrected chi connectivity index (χ3v) is 4.59. The van der Waals surface area contributed by atoms with Crippen LogP contribution in [0.4, 0.5) is 5.82 Å². The molecule has 0 aliphatic heterocycles. The first-order valence-corrected chi connectivity index (χ1v) is 8.60. The molecule has 0 spiro atoms. The molecular formula is C17H16N6S. The van der Waals surface area contributed by atoms with Crippen LogP contribution in [0.5, 0.6) is 0 Å². The van der Waals surface area contributed by atoms with Gasteiger partial charge in [-0.3, -0.25) is 4.98 Å². The molecule has 0 N–H and O–H groups in total. The first-order valence-electron chi connectivity index (χ1n) is 7.66. The lowest BCUT2D eigenvalue weighted by Gasteiger charge is -2.18. The number of rotatable bonds is 5. The van der Waals surface area contributed by atoms with Gasteiger partial charge in [0.05, 0.1) is 0 Å². The number of aromatic nitrogens is 5. The summed E-state index contributed by atoms with van der Waals surface area (Å²) in [5, 5.41) is 17.3. The minimum Gasteiger partial charge on any atom is -0.358 e. The Hall–Kier alpha value is -2.80. The molecule has 0 amide bonds. The van der Waals surface area contributed by atoms with Gasteiger partial charge in [0.25, 0.3) is 0 Å². The third kappa shape index (κ3) is 2.85. The van der Waals surface area contributed by atoms with E-state index in [0.29, 0.717) is 0 Å². The fourth-order valence-corrected chi connectivity index (χ4v) is 3.15. The van der Waals surface area contributed by atoms with Gasteiger partial charge in [-0.2, -0.15) is 15.9 Å². The Kier molecular flexibility index (Phi) is 3.92. The number of thiophene rings is 1. The minimum absolute atomic E-state index is 0.752. The molecule has 4 heterocycles. The standard InChI is InChI=1S/C17H16N6S/c1-22(10-6-13-4-8-18-9-5-13)16-3-2-15-19-20-17(23(15)21-16)14-7-11-24-12-14/h2-5,7-9,11-12H,6,10H2,1H3. The van der Waals surface area contributed by atoms with Crippen molar-refractivity contribution in [1.29, 1.82) is 0 Å². The van der Waals surface area contributed by atoms with Crippen molar-refractivity contribution in [2.75, 3.05) is 18.5 Å². The predicted octanol–water partition coefficient (Wildman–Crippen LogP) is 2.93. The molecule has 4 aromatic heterocycles. The zero-order valence-corrected chi connectivity index (χ0v) is 14.0. The Labute approximate surface area is 143 Å². The highest BCUT2D eigenvalue weighted by molar-refractivity contribution is 7.08. The van der Waals surface area contributed by atoms with E-state index < -0.39 is 0 Å². The second kappa shape index (κ2) is 6.37. The molecule has 6 nitrogen and oxygen atoms in total. The molecule has 7 heteroatoms. The Balaban J connectivity index is 1.59. The van der Waals surface area contributed by atoms with Crippen molar-refractivity contribution in [3.63, 3.8) is 0 Å². The van der Waals surface area contributed by atoms with E-state index in [9.17, 15) is 0 Å². The van der Waals surface area contributed by atoms with E-state index >= 15 is 0 Å². The van der Waals surface area contributed by atoms with E-state index in [-0.39, 0.29) is 0 Å². The van der Waals surface area contributed by atoms with E-state index in [1.54, 1.807) is 15.9 Å². The van der Waals surface area contributed by atoms with Crippen LogP contribution >= 0.6 is 11.3 Å². The largest absolute Gasteiger partial charge is 0.358 e. The highest BCUT2D eigenvalue weighted by atomic mass is 32.1. The Morgan fingerprint density at radius 1 is 1.08 bits per heavy atom. The molecule has 0 radical (unpaired) electrons. The topological polar surface area (TPSA) is 59.2 Å². The van der Waals surface area contributed by atoms with Crippen LogP contribution < -0.4 is 4.90 Å². The fourth-order valence-electron chi connectivity index (χ4n) is 2.52. The summed E-state index contributed by atoms with van der Waals surface area (Å²) in [6.07, 6.45) is 4.59. The number of fused-ring (bicyclic) bond motifs is 1. The molecule has 0 aliphatic carbocycles. The van der Waals surface area contributed by atoms with Crippen LogP contribution in [0.1, 0.15) is 5.56 Å². The quantitative estimate of drug-likeness (QED) is 0.561. The van der Waals surface area contributed by atoms with Gasteiger partial charge in [-0.15, -0.1) is 15.3 Å². The molecule has 0 aromatic carbocycles. The van der Waals surface area contributed by atoms with Crippen molar-refractivity contribution in [3.05, 3.63) is 59.0 Å². The second-order valence-corrected chi connectivity index (χ2v) is 6.30. The average Bonchev–Trinajstić information content (AvgIpc) is 3.29. The summed E-state index contributed by atoms with van der Waals surface area (Å²) >= 11 is 1.64. The van der Waals surface area contributed by atoms with Gasteiger partial charge in [0, 0.05) is 36.9 Å². The minimum atomic E-state index is 0.752. The van der Waals surface area contributed by atoms with Gasteiger partial charge >= 0.3 is 0 Å². The highest BCUT2D eigenvalue weighted by Gasteiger charge is 2.12. The maximum absolute atomic E-state index is 4.71. The van der Waals surface area contributed by atoms with Crippen molar-refractivity contribution in [2.45, 2.75) is 6.42 Å². The van der Waals surface area contributed by atoms with Crippen molar-refractivity contribution in [1.82, 2.24) is 24.8 Å². The molecule has 4 rings (SSSR count). The molecule has 0 bridgehead atoms. The van der Waals surface area contributed by atoms with Crippen LogP contribution in [0, 0.1) is 0 Å². The first kappa shape index (κ1) is 14.8. The van der Waals surface area contributed by atoms with E-state index in [0.717, 1.165) is 35.8 Å². The monoisotopic (exact) mass is 336 g/mol. The SMILES string of the molecule is CN(CCc1ccncc1)c1ccc2nnc(-c3ccsc3)n2n1. The van der Waals surface area contributed by atoms with E-state index in [1.165, 1.54) is 5.56 Å². The van der Waals surface area contributed by atoms with Gasteiger partial charge in [-0.1, -0.05) is 0 Å². The number of likely N-dealkylation sites (N-methyl/N-ethyl adjacent to an activating group) is 1. The van der Waals surface area contributed by atoms with Gasteiger partial charge in [-0.05, 0) is 47.7 Å². The van der Waals surface area contributed by atoms with E-state index in [1.807, 2.05) is 55.2 Å². The van der Waals surface area contributed by atoms with E-state index in [2.05, 4.69) is 25.5 Å². The zero-order chi connectivity index (χ0) is 16.4. The number of hydrogen-bond donors (Lipinski definition) is 0. The lowest BCUT2D eigenvalue weighted by atomic mass is 10.2. The summed E-state index contributed by atoms with van der Waals surface area (Å²) in [6.45, 7) is 0.873. The Morgan fingerprint density at radius 2 is 1.96 bits per heavy atom. The maximum Gasteiger partial charge on any atom is 0.186 e. The molecule has 0 unspecified atom stereocenters. The summed E-state index contributed by atoms with van der Waals surface area (Å²) in [6, 6.07) is 10.0. The second-order valence-electron chi connectivity index (χ2n) is 5.52. The normalized spacial score (nSPS) is 11.0. The van der Waals surface area contributed by atoms with Crippen LogP contribution in [0.2, 0.25) is 0 Å². The van der Waals surface area contributed by atoms with Crippen molar-refractivity contribution in [3.8, 4) is 11.4 Å². The van der Waals surface area contributed by atoms with Crippen LogP contribution in [0.3, 0.4) is 0 Å². The van der Waals surface area contributed by atoms with Crippen LogP contribution in [-0.2, 0) is 6.42 Å². The molecule has 0 atom stereocenters. The molecule has 0 aliphatic rings. The molecule has 120 valence electrons. The smallest absolute Gasteiger partial charge is 0.186 e.